The van der Waals surface area contributed by atoms with Gasteiger partial charge in [-0.15, -0.1) is 0 Å². The average molecular weight is 1490 g/mol. The summed E-state index contributed by atoms with van der Waals surface area (Å²) in [5.41, 5.74) is 48.6. The van der Waals surface area contributed by atoms with E-state index < -0.39 is 81.2 Å². The van der Waals surface area contributed by atoms with Crippen molar-refractivity contribution in [2.75, 3.05) is 32.2 Å². The van der Waals surface area contributed by atoms with Gasteiger partial charge in [-0.25, -0.2) is 48.8 Å². The van der Waals surface area contributed by atoms with Gasteiger partial charge in [0.1, 0.15) is 0 Å². The maximum Gasteiger partial charge on any atom is 0.240 e. The van der Waals surface area contributed by atoms with E-state index in [1.807, 2.05) is 39.8 Å². The van der Waals surface area contributed by atoms with Crippen molar-refractivity contribution in [2.45, 2.75) is 49.8 Å². The molecule has 0 amide bonds. The first-order chi connectivity index (χ1) is 48.0. The number of nitrogens with one attached hydrogen (secondary N) is 5. The molecule has 0 saturated carbocycles. The Kier molecular flexibility index (Phi) is 56.4. The molecule has 2 heterocycles. The minimum absolute atomic E-state index is 0. The zero-order valence-electron chi connectivity index (χ0n) is 57.1. The van der Waals surface area contributed by atoms with E-state index in [1.54, 1.807) is 36.4 Å². The van der Waals surface area contributed by atoms with Crippen LogP contribution in [0.15, 0.2) is 186 Å². The third kappa shape index (κ3) is 44.1. The lowest BCUT2D eigenvalue weighted by Gasteiger charge is -2.31. The molecule has 0 spiro atoms. The molecular weight excluding hydrogens is 1440 g/mol. The molecule has 0 aliphatic carbocycles. The number of anilines is 2. The molecule has 0 atom stereocenters. The Hall–Kier alpha value is -6.08. The van der Waals surface area contributed by atoms with Crippen LogP contribution >= 0.6 is 59.9 Å². The Morgan fingerprint density at radius 1 is 0.558 bits per heavy atom. The molecule has 104 heavy (non-hydrogen) atoms. The van der Waals surface area contributed by atoms with Gasteiger partial charge in [0.15, 0.2) is 3.78 Å². The van der Waals surface area contributed by atoms with Crippen LogP contribution in [0.4, 0.5) is 17.1 Å². The minimum atomic E-state index is -3.47. The predicted molar refractivity (Wildman–Crippen MR) is 472 cm³/mol. The Labute approximate surface area is 665 Å². The van der Waals surface area contributed by atoms with Crippen molar-refractivity contribution >= 4 is 319 Å². The summed E-state index contributed by atoms with van der Waals surface area (Å²) in [7, 11) is 73.0. The molecular formula is C50H54B26Cl2N14O6S6. The van der Waals surface area contributed by atoms with E-state index in [1.165, 1.54) is 81.0 Å². The first kappa shape index (κ1) is 104. The monoisotopic (exact) mass is 1490 g/mol. The molecule has 2 aromatic heterocycles. The second-order valence-corrected chi connectivity index (χ2v) is 27.8. The highest BCUT2D eigenvalue weighted by Crippen LogP contribution is 2.17. The normalized spacial score (nSPS) is 9.38. The molecule has 54 heteroatoms. The number of aliphatic imine (C=N–C) groups is 2. The Bertz CT molecular complexity index is 4330. The van der Waals surface area contributed by atoms with Crippen molar-refractivity contribution in [3.8, 4) is 0 Å². The van der Waals surface area contributed by atoms with Crippen molar-refractivity contribution in [1.29, 1.82) is 5.41 Å². The van der Waals surface area contributed by atoms with E-state index in [0.717, 1.165) is 22.8 Å². The number of hydrogen-bond acceptors (Lipinski definition) is 14. The van der Waals surface area contributed by atoms with Gasteiger partial charge >= 0.3 is 0 Å². The lowest BCUT2D eigenvalue weighted by molar-refractivity contribution is 0.586. The fraction of sp³-hybridized carbons (Fsp3) is 0.160. The topological polar surface area (TPSA) is 313 Å². The highest BCUT2D eigenvalue weighted by molar-refractivity contribution is 8.08. The standard InChI is InChI=1S/C14H18N6O2S2.C13H4.C8H8N2O2S2.C7H10N2O2S.C6H10N4.CCl2S.CH4.2B13/c1-9-8-10(2)20(19-9)13(15)18-14(23)17-11-4-6-12(7-5-11)24(21,22)16-3;1-3-5-7-9-11-13-12-10-8-6-4-2;1-9-14(11,12)8-4-2-7(3-5-8)10-6-13;1-9-12(10,11)7-4-2-6(8)3-5-7;1-4-3-5(2)10(9-4)6(7)8;2-1(3)4;;2*1-8-12(9(2)3)13(10(4)5)11(6)7/h4-8,16H,1-3H3,(H3,15,17,18,23);1-2H2;2-5,9H,1H3;2-5,9H,8H2,1H3;3H,1-2H3,(H3,7,8);;1H4;;. The van der Waals surface area contributed by atoms with Crippen LogP contribution in [0.3, 0.4) is 0 Å². The van der Waals surface area contributed by atoms with E-state index in [9.17, 15) is 25.3 Å². The number of sulfonamides is 3. The van der Waals surface area contributed by atoms with Crippen LogP contribution < -0.4 is 36.7 Å². The van der Waals surface area contributed by atoms with E-state index in [0.29, 0.717) is 17.1 Å². The largest absolute Gasteiger partial charge is 0.399 e. The number of benzene rings is 3. The average Bonchev–Trinajstić information content (AvgIpc) is 1.70. The Balaban J connectivity index is -0.000000565. The highest BCUT2D eigenvalue weighted by atomic mass is 35.5. The van der Waals surface area contributed by atoms with E-state index >= 15 is 0 Å². The molecule has 488 valence electrons. The number of halogens is 2. The fourth-order valence-corrected chi connectivity index (χ4v) is 9.89. The third-order valence-electron chi connectivity index (χ3n) is 12.1. The van der Waals surface area contributed by atoms with Gasteiger partial charge in [0.25, 0.3) is 0 Å². The van der Waals surface area contributed by atoms with Crippen LogP contribution in [0.25, 0.3) is 0 Å². The van der Waals surface area contributed by atoms with Crippen molar-refractivity contribution in [3.05, 3.63) is 184 Å². The number of rotatable bonds is 18. The first-order valence-corrected chi connectivity index (χ1v) is 35.2. The number of aryl methyl sites for hydroxylation is 4. The van der Waals surface area contributed by atoms with Gasteiger partial charge in [-0.2, -0.15) is 20.2 Å². The number of hydrogen-bond donors (Lipinski definition) is 8. The number of nitrogens with zero attached hydrogens (tertiary/aromatic N) is 6. The molecule has 0 unspecified atom stereocenters. The van der Waals surface area contributed by atoms with Crippen LogP contribution in [0.1, 0.15) is 30.2 Å². The Morgan fingerprint density at radius 3 is 1.09 bits per heavy atom. The number of thiocarbonyl (C=S) groups is 3. The molecule has 0 bridgehead atoms. The van der Waals surface area contributed by atoms with Crippen molar-refractivity contribution in [3.63, 3.8) is 0 Å². The van der Waals surface area contributed by atoms with Gasteiger partial charge in [0.2, 0.25) is 47.1 Å². The van der Waals surface area contributed by atoms with E-state index in [2.05, 4.69) is 145 Å². The van der Waals surface area contributed by atoms with Crippen molar-refractivity contribution < 1.29 is 25.3 Å². The fourth-order valence-electron chi connectivity index (χ4n) is 7.38. The Morgan fingerprint density at radius 2 is 0.856 bits per heavy atom. The SMILES string of the molecule is C.C=C=C=C=C=C=C=C=C=C=C=C=C.CNS(=O)(=O)c1ccc(N)cc1.CNS(=O)(=O)c1ccc(N=C=S)cc1.CNS(=O)(=O)c1ccc(NC(=S)N=C(N)n2nc(C)cc2C)cc1.Cc1cc(C)n(C(=N)N)n1.S=C(Cl)Cl.[B][B]B(B([B])[B])B(B([B])[B])B([B])[B].[B][B]B(B([B])[B])B(B([B])[B])B([B])[B]. The number of nitrogen functional groups attached to an aromatic ring is 2. The van der Waals surface area contributed by atoms with Crippen LogP contribution in [0.5, 0.6) is 0 Å². The van der Waals surface area contributed by atoms with Crippen LogP contribution in [0, 0.1) is 33.1 Å². The summed E-state index contributed by atoms with van der Waals surface area (Å²) in [5.74, 6) is 0.109. The molecule has 20 nitrogen and oxygen atoms in total. The molecule has 0 fully saturated rings. The summed E-state index contributed by atoms with van der Waals surface area (Å²) in [6.07, 6.45) is -5.74. The number of aromatic nitrogens is 4. The summed E-state index contributed by atoms with van der Waals surface area (Å²) < 4.78 is 77.7. The zero-order chi connectivity index (χ0) is 80.0. The van der Waals surface area contributed by atoms with Gasteiger partial charge in [-0.05, 0) is 223 Å². The van der Waals surface area contributed by atoms with Gasteiger partial charge in [0.05, 0.1) is 36.9 Å². The van der Waals surface area contributed by atoms with E-state index in [4.69, 9.17) is 166 Å². The molecule has 5 rings (SSSR count). The molecule has 0 aliphatic heterocycles. The second-order valence-electron chi connectivity index (χ2n) is 19.7. The smallest absolute Gasteiger partial charge is 0.240 e. The second kappa shape index (κ2) is 56.2. The lowest BCUT2D eigenvalue weighted by Crippen LogP contribution is -2.69. The molecule has 0 aliphatic rings. The summed E-state index contributed by atoms with van der Waals surface area (Å²) in [5, 5.41) is 20.5. The minimum Gasteiger partial charge on any atom is -0.399 e. The molecule has 30 radical (unpaired) electrons. The third-order valence-corrected chi connectivity index (χ3v) is 16.7. The summed E-state index contributed by atoms with van der Waals surface area (Å²) in [6.45, 7) is 14.0. The zero-order valence-corrected chi connectivity index (χ0v) is 63.5. The lowest BCUT2D eigenvalue weighted by atomic mass is 8.50. The molecule has 0 saturated heterocycles. The summed E-state index contributed by atoms with van der Waals surface area (Å²) in [4.78, 5) is 8.37. The summed E-state index contributed by atoms with van der Waals surface area (Å²) in [6, 6.07) is 21.9. The van der Waals surface area contributed by atoms with E-state index in [-0.39, 0.29) is 55.7 Å². The maximum absolute atomic E-state index is 11.7. The van der Waals surface area contributed by atoms with Gasteiger partial charge in [-0.1, -0.05) is 54.3 Å². The summed E-state index contributed by atoms with van der Waals surface area (Å²) >= 11 is 23.2. The molecule has 11 N–H and O–H groups in total. The van der Waals surface area contributed by atoms with Crippen LogP contribution in [0.2, 0.25) is 0 Å². The number of nitrogens with two attached hydrogens (primary N) is 3. The maximum atomic E-state index is 11.7. The van der Waals surface area contributed by atoms with Gasteiger partial charge in [-0.3, -0.25) is 5.41 Å². The van der Waals surface area contributed by atoms with Crippen molar-refractivity contribution in [2.24, 2.45) is 21.5 Å². The molecule has 5 aromatic rings. The van der Waals surface area contributed by atoms with Gasteiger partial charge < -0.3 is 22.5 Å². The van der Waals surface area contributed by atoms with Crippen LogP contribution in [-0.2, 0) is 30.1 Å². The predicted octanol–water partition coefficient (Wildman–Crippen LogP) is -2.29. The van der Waals surface area contributed by atoms with Crippen molar-refractivity contribution in [1.82, 2.24) is 33.7 Å². The first-order valence-electron chi connectivity index (χ1n) is 28.8. The molecule has 3 aromatic carbocycles. The van der Waals surface area contributed by atoms with Gasteiger partial charge in [0, 0.05) is 209 Å². The highest BCUT2D eigenvalue weighted by Gasteiger charge is 2.33. The van der Waals surface area contributed by atoms with Crippen LogP contribution in [-0.4, -0.2) is 278 Å². The quantitative estimate of drug-likeness (QED) is 0.00871. The number of isothiocyanates is 1.